The van der Waals surface area contributed by atoms with E-state index in [2.05, 4.69) is 4.98 Å². The maximum atomic E-state index is 13.6. The first-order valence-corrected chi connectivity index (χ1v) is 4.86. The maximum Gasteiger partial charge on any atom is 0.251 e. The molecule has 1 unspecified atom stereocenters. The van der Waals surface area contributed by atoms with E-state index in [-0.39, 0.29) is 17.3 Å². The molecule has 2 aromatic rings. The maximum absolute atomic E-state index is 13.6. The fourth-order valence-electron chi connectivity index (χ4n) is 2.28. The van der Waals surface area contributed by atoms with Gasteiger partial charge < -0.3 is 4.57 Å². The summed E-state index contributed by atoms with van der Waals surface area (Å²) in [6.45, 7) is 2.47. The lowest BCUT2D eigenvalue weighted by Crippen LogP contribution is -2.16. The minimum absolute atomic E-state index is 0.0469. The van der Waals surface area contributed by atoms with E-state index in [4.69, 9.17) is 0 Å². The van der Waals surface area contributed by atoms with Crippen LogP contribution in [0.15, 0.2) is 23.1 Å². The first kappa shape index (κ1) is 8.59. The number of hydrogen-bond donors (Lipinski definition) is 0. The smallest absolute Gasteiger partial charge is 0.251 e. The molecular formula is C11H9FN2O. The summed E-state index contributed by atoms with van der Waals surface area (Å²) < 4.78 is 15.2. The molecule has 1 atom stereocenters. The standard InChI is InChI=1S/C11H9FN2O/c1-6-5-14-9(15)3-2-8-11(14)10(6)7(12)4-13-8/h2-4,6H,5H2,1H3. The molecule has 3 rings (SSSR count). The van der Waals surface area contributed by atoms with Crippen LogP contribution in [0, 0.1) is 5.82 Å². The highest BCUT2D eigenvalue weighted by molar-refractivity contribution is 5.80. The van der Waals surface area contributed by atoms with Crippen molar-refractivity contribution in [1.29, 1.82) is 0 Å². The summed E-state index contributed by atoms with van der Waals surface area (Å²) in [5.74, 6) is -0.266. The van der Waals surface area contributed by atoms with Crippen molar-refractivity contribution in [3.63, 3.8) is 0 Å². The van der Waals surface area contributed by atoms with Crippen molar-refractivity contribution in [1.82, 2.24) is 9.55 Å². The van der Waals surface area contributed by atoms with Gasteiger partial charge >= 0.3 is 0 Å². The second kappa shape index (κ2) is 2.66. The van der Waals surface area contributed by atoms with E-state index >= 15 is 0 Å². The van der Waals surface area contributed by atoms with Gasteiger partial charge in [0.05, 0.1) is 17.2 Å². The Morgan fingerprint density at radius 1 is 1.53 bits per heavy atom. The highest BCUT2D eigenvalue weighted by atomic mass is 19.1. The van der Waals surface area contributed by atoms with Crippen molar-refractivity contribution in [3.05, 3.63) is 40.1 Å². The van der Waals surface area contributed by atoms with Crippen LogP contribution in [0.25, 0.3) is 11.0 Å². The molecule has 1 aliphatic rings. The van der Waals surface area contributed by atoms with Crippen LogP contribution in [0.2, 0.25) is 0 Å². The third-order valence-corrected chi connectivity index (χ3v) is 2.94. The molecule has 0 fully saturated rings. The van der Waals surface area contributed by atoms with Gasteiger partial charge in [-0.15, -0.1) is 0 Å². The largest absolute Gasteiger partial charge is 0.306 e. The number of nitrogens with zero attached hydrogens (tertiary/aromatic N) is 2. The molecule has 4 heteroatoms. The number of rotatable bonds is 0. The predicted molar refractivity (Wildman–Crippen MR) is 54.4 cm³/mol. The van der Waals surface area contributed by atoms with E-state index in [1.807, 2.05) is 6.92 Å². The molecule has 1 aliphatic heterocycles. The number of halogens is 1. The molecule has 3 nitrogen and oxygen atoms in total. The Balaban J connectivity index is 2.59. The summed E-state index contributed by atoms with van der Waals surface area (Å²) in [5.41, 5.74) is 1.89. The van der Waals surface area contributed by atoms with Gasteiger partial charge in [-0.2, -0.15) is 0 Å². The van der Waals surface area contributed by atoms with Crippen LogP contribution in [0.3, 0.4) is 0 Å². The van der Waals surface area contributed by atoms with E-state index in [9.17, 15) is 9.18 Å². The molecular weight excluding hydrogens is 195 g/mol. The summed E-state index contributed by atoms with van der Waals surface area (Å²) in [6.07, 6.45) is 1.23. The normalized spacial score (nSPS) is 18.7. The van der Waals surface area contributed by atoms with E-state index in [0.717, 1.165) is 0 Å². The van der Waals surface area contributed by atoms with Gasteiger partial charge in [-0.3, -0.25) is 9.78 Å². The van der Waals surface area contributed by atoms with Crippen molar-refractivity contribution >= 4 is 11.0 Å². The topological polar surface area (TPSA) is 34.9 Å². The Hall–Kier alpha value is -1.71. The quantitative estimate of drug-likeness (QED) is 0.654. The minimum atomic E-state index is -0.313. The molecule has 0 aromatic carbocycles. The first-order chi connectivity index (χ1) is 7.18. The molecule has 0 bridgehead atoms. The van der Waals surface area contributed by atoms with Gasteiger partial charge in [-0.25, -0.2) is 4.39 Å². The summed E-state index contributed by atoms with van der Waals surface area (Å²) in [5, 5.41) is 0. The van der Waals surface area contributed by atoms with Crippen LogP contribution in [0.4, 0.5) is 4.39 Å². The second-order valence-corrected chi connectivity index (χ2v) is 3.94. The number of pyridine rings is 2. The van der Waals surface area contributed by atoms with E-state index < -0.39 is 0 Å². The lowest BCUT2D eigenvalue weighted by Gasteiger charge is -2.03. The number of aromatic nitrogens is 2. The molecule has 3 heterocycles. The lowest BCUT2D eigenvalue weighted by atomic mass is 10.0. The SMILES string of the molecule is CC1Cn2c(=O)ccc3ncc(F)c1c32. The molecule has 0 amide bonds. The Labute approximate surface area is 85.2 Å². The molecule has 2 aromatic heterocycles. The zero-order chi connectivity index (χ0) is 10.6. The highest BCUT2D eigenvalue weighted by Gasteiger charge is 2.25. The summed E-state index contributed by atoms with van der Waals surface area (Å²) in [7, 11) is 0. The van der Waals surface area contributed by atoms with Crippen molar-refractivity contribution < 1.29 is 4.39 Å². The van der Waals surface area contributed by atoms with Crippen molar-refractivity contribution in [3.8, 4) is 0 Å². The zero-order valence-electron chi connectivity index (χ0n) is 8.20. The Bertz CT molecular complexity index is 618. The van der Waals surface area contributed by atoms with Crippen molar-refractivity contribution in [2.24, 2.45) is 0 Å². The Kier molecular flexibility index (Phi) is 1.52. The molecule has 0 spiro atoms. The van der Waals surface area contributed by atoms with Crippen LogP contribution < -0.4 is 5.56 Å². The first-order valence-electron chi connectivity index (χ1n) is 4.86. The van der Waals surface area contributed by atoms with Gasteiger partial charge in [0.2, 0.25) is 0 Å². The molecule has 15 heavy (non-hydrogen) atoms. The van der Waals surface area contributed by atoms with E-state index in [0.29, 0.717) is 23.1 Å². The summed E-state index contributed by atoms with van der Waals surface area (Å²) in [4.78, 5) is 15.6. The van der Waals surface area contributed by atoms with Crippen LogP contribution in [-0.4, -0.2) is 9.55 Å². The van der Waals surface area contributed by atoms with Crippen LogP contribution in [0.5, 0.6) is 0 Å². The van der Waals surface area contributed by atoms with Crippen LogP contribution in [-0.2, 0) is 6.54 Å². The minimum Gasteiger partial charge on any atom is -0.306 e. The Morgan fingerprint density at radius 2 is 2.33 bits per heavy atom. The molecule has 0 radical (unpaired) electrons. The van der Waals surface area contributed by atoms with Gasteiger partial charge in [0.1, 0.15) is 5.82 Å². The van der Waals surface area contributed by atoms with Crippen molar-refractivity contribution in [2.75, 3.05) is 0 Å². The molecule has 0 saturated carbocycles. The third kappa shape index (κ3) is 0.988. The van der Waals surface area contributed by atoms with Gasteiger partial charge in [0, 0.05) is 24.1 Å². The molecule has 0 N–H and O–H groups in total. The molecule has 0 aliphatic carbocycles. The molecule has 0 saturated heterocycles. The fourth-order valence-corrected chi connectivity index (χ4v) is 2.28. The summed E-state index contributed by atoms with van der Waals surface area (Å²) >= 11 is 0. The fraction of sp³-hybridized carbons (Fsp3) is 0.273. The molecule has 76 valence electrons. The van der Waals surface area contributed by atoms with E-state index in [1.165, 1.54) is 12.3 Å². The number of hydrogen-bond acceptors (Lipinski definition) is 2. The Morgan fingerprint density at radius 3 is 3.13 bits per heavy atom. The van der Waals surface area contributed by atoms with E-state index in [1.54, 1.807) is 10.6 Å². The average Bonchev–Trinajstić information content (AvgIpc) is 2.56. The predicted octanol–water partition coefficient (Wildman–Crippen LogP) is 1.65. The lowest BCUT2D eigenvalue weighted by molar-refractivity contribution is 0.577. The second-order valence-electron chi connectivity index (χ2n) is 3.94. The van der Waals surface area contributed by atoms with Crippen LogP contribution >= 0.6 is 0 Å². The zero-order valence-corrected chi connectivity index (χ0v) is 8.20. The van der Waals surface area contributed by atoms with Gasteiger partial charge in [0.15, 0.2) is 0 Å². The van der Waals surface area contributed by atoms with Gasteiger partial charge in [0.25, 0.3) is 5.56 Å². The summed E-state index contributed by atoms with van der Waals surface area (Å²) in [6, 6.07) is 3.13. The van der Waals surface area contributed by atoms with Crippen molar-refractivity contribution in [2.45, 2.75) is 19.4 Å². The third-order valence-electron chi connectivity index (χ3n) is 2.94. The monoisotopic (exact) mass is 204 g/mol. The van der Waals surface area contributed by atoms with Gasteiger partial charge in [-0.1, -0.05) is 6.92 Å². The average molecular weight is 204 g/mol. The van der Waals surface area contributed by atoms with Crippen LogP contribution in [0.1, 0.15) is 18.4 Å². The van der Waals surface area contributed by atoms with Gasteiger partial charge in [-0.05, 0) is 6.07 Å². The highest BCUT2D eigenvalue weighted by Crippen LogP contribution is 2.32.